The van der Waals surface area contributed by atoms with Gasteiger partial charge in [-0.05, 0) is 56.7 Å². The van der Waals surface area contributed by atoms with Crippen LogP contribution < -0.4 is 10.2 Å². The van der Waals surface area contributed by atoms with Crippen LogP contribution in [0.25, 0.3) is 0 Å². The quantitative estimate of drug-likeness (QED) is 0.0651. The number of allylic oxidation sites excluding steroid dienone is 2. The first kappa shape index (κ1) is 45.3. The number of hydrogen-bond acceptors (Lipinski definition) is 15. The molecule has 9 atom stereocenters. The van der Waals surface area contributed by atoms with Gasteiger partial charge < -0.3 is 76.0 Å². The maximum absolute atomic E-state index is 9.98. The molecule has 0 spiro atoms. The van der Waals surface area contributed by atoms with Crippen LogP contribution in [0.2, 0.25) is 0 Å². The molecule has 1 rings (SSSR count). The largest absolute Gasteiger partial charge is 2.00 e. The second-order valence-corrected chi connectivity index (χ2v) is 9.80. The van der Waals surface area contributed by atoms with Crippen LogP contribution >= 0.6 is 0 Å². The SMILES string of the molecule is CC(C)=CCCC(C)c1ccc(C)c(O)c1.O=C([O-])[C@@H](O)[C@H](O)[C@@H](O)[C@@H](O)CO.O=C([O-])[C@@H](O)[C@H](O)[C@@H](O)[C@@H](O)CO.[Cu+2]. The van der Waals surface area contributed by atoms with Crippen LogP contribution in [0.3, 0.4) is 0 Å². The van der Waals surface area contributed by atoms with E-state index in [1.807, 2.05) is 19.1 Å². The van der Waals surface area contributed by atoms with E-state index in [0.717, 1.165) is 18.4 Å². The van der Waals surface area contributed by atoms with Crippen LogP contribution in [-0.4, -0.2) is 130 Å². The number of carbonyl (C=O) groups is 2. The fourth-order valence-electron chi connectivity index (χ4n) is 3.05. The summed E-state index contributed by atoms with van der Waals surface area (Å²) in [7, 11) is 0. The molecule has 253 valence electrons. The van der Waals surface area contributed by atoms with Gasteiger partial charge in [0.2, 0.25) is 0 Å². The summed E-state index contributed by atoms with van der Waals surface area (Å²) in [5.74, 6) is -3.04. The Bertz CT molecular complexity index is 918. The predicted molar refractivity (Wildman–Crippen MR) is 142 cm³/mol. The molecule has 0 aromatic heterocycles. The van der Waals surface area contributed by atoms with Gasteiger partial charge >= 0.3 is 17.1 Å². The van der Waals surface area contributed by atoms with E-state index in [-0.39, 0.29) is 17.1 Å². The number of hydrogen-bond donors (Lipinski definition) is 11. The van der Waals surface area contributed by atoms with Crippen molar-refractivity contribution < 1.29 is 93.0 Å². The molecule has 0 bridgehead atoms. The second-order valence-electron chi connectivity index (χ2n) is 9.80. The van der Waals surface area contributed by atoms with Gasteiger partial charge in [0.25, 0.3) is 0 Å². The normalized spacial score (nSPS) is 16.9. The maximum Gasteiger partial charge on any atom is 2.00 e. The first-order valence-electron chi connectivity index (χ1n) is 12.8. The molecule has 16 heteroatoms. The summed E-state index contributed by atoms with van der Waals surface area (Å²) in [5, 5.41) is 117. The fourth-order valence-corrected chi connectivity index (χ4v) is 3.05. The van der Waals surface area contributed by atoms with Gasteiger partial charge in [-0.2, -0.15) is 0 Å². The van der Waals surface area contributed by atoms with Crippen LogP contribution in [0.5, 0.6) is 5.75 Å². The van der Waals surface area contributed by atoms with Gasteiger partial charge in [0.05, 0.1) is 25.2 Å². The molecule has 0 aliphatic carbocycles. The number of carboxylic acid groups (broad SMARTS) is 2. The van der Waals surface area contributed by atoms with Gasteiger partial charge in [0, 0.05) is 0 Å². The Hall–Kier alpha value is -2.18. The van der Waals surface area contributed by atoms with Crippen molar-refractivity contribution >= 4 is 11.9 Å². The molecule has 0 saturated carbocycles. The monoisotopic (exact) mass is 671 g/mol. The zero-order valence-electron chi connectivity index (χ0n) is 24.2. The van der Waals surface area contributed by atoms with E-state index >= 15 is 0 Å². The predicted octanol–water partition coefficient (Wildman–Crippen LogP) is -5.11. The number of carbonyl (C=O) groups excluding carboxylic acids is 2. The number of phenols is 1. The molecule has 15 nitrogen and oxygen atoms in total. The Morgan fingerprint density at radius 1 is 0.791 bits per heavy atom. The third kappa shape index (κ3) is 17.6. The van der Waals surface area contributed by atoms with Crippen LogP contribution in [0, 0.1) is 6.92 Å². The molecule has 1 aromatic rings. The van der Waals surface area contributed by atoms with E-state index in [2.05, 4.69) is 32.9 Å². The number of aromatic hydroxyl groups is 1. The Morgan fingerprint density at radius 3 is 1.49 bits per heavy atom. The molecule has 0 amide bonds. The van der Waals surface area contributed by atoms with Crippen molar-refractivity contribution in [3.05, 3.63) is 41.0 Å². The summed E-state index contributed by atoms with van der Waals surface area (Å²) in [4.78, 5) is 20.0. The molecule has 0 aliphatic heterocycles. The number of aliphatic carboxylic acids is 2. The van der Waals surface area contributed by atoms with Crippen molar-refractivity contribution in [3.8, 4) is 5.75 Å². The van der Waals surface area contributed by atoms with Gasteiger partial charge in [-0.1, -0.05) is 30.7 Å². The average Bonchev–Trinajstić information content (AvgIpc) is 2.95. The summed E-state index contributed by atoms with van der Waals surface area (Å²) in [6.07, 6.45) is -11.6. The van der Waals surface area contributed by atoms with Crippen LogP contribution in [0.15, 0.2) is 29.8 Å². The molecule has 11 N–H and O–H groups in total. The van der Waals surface area contributed by atoms with Crippen molar-refractivity contribution in [1.82, 2.24) is 0 Å². The summed E-state index contributed by atoms with van der Waals surface area (Å²) in [6.45, 7) is 6.66. The summed E-state index contributed by atoms with van der Waals surface area (Å²) in [6, 6.07) is 5.99. The van der Waals surface area contributed by atoms with E-state index in [9.17, 15) is 24.9 Å². The zero-order valence-corrected chi connectivity index (χ0v) is 25.1. The smallest absolute Gasteiger partial charge is 0.547 e. The van der Waals surface area contributed by atoms with Gasteiger partial charge in [-0.25, -0.2) is 0 Å². The van der Waals surface area contributed by atoms with Crippen LogP contribution in [0.1, 0.15) is 50.7 Å². The summed E-state index contributed by atoms with van der Waals surface area (Å²) < 4.78 is 0. The van der Waals surface area contributed by atoms with Gasteiger partial charge in [-0.15, -0.1) is 0 Å². The number of phenolic OH excluding ortho intramolecular Hbond substituents is 1. The van der Waals surface area contributed by atoms with Crippen LogP contribution in [-0.2, 0) is 26.7 Å². The van der Waals surface area contributed by atoms with Gasteiger partial charge in [-0.3, -0.25) is 0 Å². The molecule has 1 aromatic carbocycles. The van der Waals surface area contributed by atoms with E-state index in [1.165, 1.54) is 11.1 Å². The Balaban J connectivity index is -0.000000557. The van der Waals surface area contributed by atoms with Crippen LogP contribution in [0.4, 0.5) is 0 Å². The van der Waals surface area contributed by atoms with E-state index in [4.69, 9.17) is 51.1 Å². The third-order valence-electron chi connectivity index (χ3n) is 5.95. The zero-order chi connectivity index (χ0) is 33.3. The molecular formula is C27H44CuO15. The average molecular weight is 672 g/mol. The minimum atomic E-state index is -2.31. The third-order valence-corrected chi connectivity index (χ3v) is 5.95. The van der Waals surface area contributed by atoms with Crippen molar-refractivity contribution in [2.45, 2.75) is 95.3 Å². The fraction of sp³-hybridized carbons (Fsp3) is 0.630. The van der Waals surface area contributed by atoms with Crippen molar-refractivity contribution in [2.75, 3.05) is 13.2 Å². The number of aliphatic hydroxyl groups excluding tert-OH is 10. The topological polar surface area (TPSA) is 303 Å². The first-order valence-corrected chi connectivity index (χ1v) is 12.8. The molecule has 0 saturated heterocycles. The Kier molecular flexibility index (Phi) is 24.5. The molecule has 1 radical (unpaired) electrons. The molecule has 0 fully saturated rings. The van der Waals surface area contributed by atoms with E-state index in [1.54, 1.807) is 0 Å². The maximum atomic E-state index is 9.98. The summed E-state index contributed by atoms with van der Waals surface area (Å²) in [5.41, 5.74) is 3.55. The molecule has 0 aliphatic rings. The van der Waals surface area contributed by atoms with Crippen molar-refractivity contribution in [3.63, 3.8) is 0 Å². The number of benzene rings is 1. The number of aliphatic hydroxyl groups is 10. The second kappa shape index (κ2) is 23.2. The molecular weight excluding hydrogens is 628 g/mol. The van der Waals surface area contributed by atoms with Crippen molar-refractivity contribution in [1.29, 1.82) is 0 Å². The number of rotatable bonds is 14. The molecule has 0 heterocycles. The Labute approximate surface area is 260 Å². The standard InChI is InChI=1S/C15H22O.2C6H12O7.Cu/c1-11(2)6-5-7-12(3)14-9-8-13(4)15(16)10-14;2*7-1-2(8)3(9)4(10)5(11)6(12)13;/h6,8-10,12,16H,5,7H2,1-4H3;2*2-5,7-11H,1H2,(H,12,13);/q;;;+2/p-2/t;2*2-,3-,4+,5-;/m.00./s1. The van der Waals surface area contributed by atoms with E-state index in [0.29, 0.717) is 11.7 Å². The number of aryl methyl sites for hydroxylation is 1. The van der Waals surface area contributed by atoms with E-state index < -0.39 is 74.0 Å². The minimum absolute atomic E-state index is 0. The number of carboxylic acids is 2. The minimum Gasteiger partial charge on any atom is -0.547 e. The molecule has 1 unspecified atom stereocenters. The van der Waals surface area contributed by atoms with Crippen molar-refractivity contribution in [2.24, 2.45) is 0 Å². The first-order chi connectivity index (χ1) is 19.3. The summed E-state index contributed by atoms with van der Waals surface area (Å²) >= 11 is 0. The molecule has 43 heavy (non-hydrogen) atoms. The van der Waals surface area contributed by atoms with Gasteiger partial charge in [0.1, 0.15) is 54.6 Å². The van der Waals surface area contributed by atoms with Gasteiger partial charge in [0.15, 0.2) is 0 Å². The Morgan fingerprint density at radius 2 is 1.19 bits per heavy atom.